The average Bonchev–Trinajstić information content (AvgIpc) is 2.62. The van der Waals surface area contributed by atoms with Gasteiger partial charge in [0.2, 0.25) is 5.91 Å². The zero-order valence-electron chi connectivity index (χ0n) is 14.2. The number of anilines is 1. The fourth-order valence-electron chi connectivity index (χ4n) is 2.48. The minimum absolute atomic E-state index is 0.0120. The number of aryl methyl sites for hydroxylation is 1. The molecule has 3 rings (SSSR count). The Morgan fingerprint density at radius 2 is 1.89 bits per heavy atom. The van der Waals surface area contributed by atoms with Crippen molar-refractivity contribution in [1.29, 1.82) is 0 Å². The van der Waals surface area contributed by atoms with Crippen LogP contribution in [0.2, 0.25) is 0 Å². The van der Waals surface area contributed by atoms with E-state index in [4.69, 9.17) is 0 Å². The molecule has 28 heavy (non-hydrogen) atoms. The summed E-state index contributed by atoms with van der Waals surface area (Å²) < 4.78 is 42.2. The van der Waals surface area contributed by atoms with E-state index in [-0.39, 0.29) is 24.3 Å². The highest BCUT2D eigenvalue weighted by molar-refractivity contribution is 9.10. The van der Waals surface area contributed by atoms with Crippen LogP contribution in [-0.4, -0.2) is 21.8 Å². The van der Waals surface area contributed by atoms with Gasteiger partial charge in [-0.3, -0.25) is 14.2 Å². The van der Waals surface area contributed by atoms with Gasteiger partial charge in [0, 0.05) is 23.1 Å². The van der Waals surface area contributed by atoms with Crippen molar-refractivity contribution in [2.45, 2.75) is 19.3 Å². The van der Waals surface area contributed by atoms with E-state index in [0.717, 1.165) is 16.6 Å². The van der Waals surface area contributed by atoms with Crippen LogP contribution in [0, 0.1) is 0 Å². The molecule has 0 aliphatic rings. The first kappa shape index (κ1) is 19.9. The van der Waals surface area contributed by atoms with Crippen LogP contribution >= 0.6 is 15.9 Å². The standard InChI is InChI=1S/C18H13BrF3N3O3/c19-11-1-6-15-14(9-11)17(27)25(10-23-15)8-7-16(26)24-12-2-4-13(5-3-12)28-18(20,21)22/h1-6,9-10H,7-8H2,(H,24,26). The maximum atomic E-state index is 12.5. The largest absolute Gasteiger partial charge is 0.573 e. The molecule has 0 bridgehead atoms. The van der Waals surface area contributed by atoms with Gasteiger partial charge >= 0.3 is 6.36 Å². The van der Waals surface area contributed by atoms with Gasteiger partial charge in [-0.2, -0.15) is 0 Å². The summed E-state index contributed by atoms with van der Waals surface area (Å²) in [5.74, 6) is -0.781. The Bertz CT molecular complexity index is 1070. The monoisotopic (exact) mass is 455 g/mol. The first-order chi connectivity index (χ1) is 13.2. The maximum Gasteiger partial charge on any atom is 0.573 e. The molecule has 1 aromatic heterocycles. The lowest BCUT2D eigenvalue weighted by Gasteiger charge is -2.10. The summed E-state index contributed by atoms with van der Waals surface area (Å²) >= 11 is 3.30. The maximum absolute atomic E-state index is 12.5. The second-order valence-corrected chi connectivity index (χ2v) is 6.69. The third-order valence-corrected chi connectivity index (χ3v) is 4.23. The van der Waals surface area contributed by atoms with E-state index >= 15 is 0 Å². The number of fused-ring (bicyclic) bond motifs is 1. The highest BCUT2D eigenvalue weighted by Crippen LogP contribution is 2.24. The Morgan fingerprint density at radius 1 is 1.18 bits per heavy atom. The molecule has 10 heteroatoms. The Kier molecular flexibility index (Phi) is 5.68. The highest BCUT2D eigenvalue weighted by Gasteiger charge is 2.30. The Hall–Kier alpha value is -2.88. The fourth-order valence-corrected chi connectivity index (χ4v) is 2.84. The smallest absolute Gasteiger partial charge is 0.406 e. The number of carbonyl (C=O) groups is 1. The fraction of sp³-hybridized carbons (Fsp3) is 0.167. The second-order valence-electron chi connectivity index (χ2n) is 5.77. The number of ether oxygens (including phenoxy) is 1. The number of hydrogen-bond donors (Lipinski definition) is 1. The van der Waals surface area contributed by atoms with Crippen molar-refractivity contribution >= 4 is 38.4 Å². The van der Waals surface area contributed by atoms with Crippen molar-refractivity contribution in [3.05, 3.63) is 63.6 Å². The van der Waals surface area contributed by atoms with Crippen LogP contribution in [0.1, 0.15) is 6.42 Å². The molecule has 0 unspecified atom stereocenters. The highest BCUT2D eigenvalue weighted by atomic mass is 79.9. The molecule has 3 aromatic rings. The van der Waals surface area contributed by atoms with Crippen molar-refractivity contribution in [3.63, 3.8) is 0 Å². The molecule has 1 heterocycles. The van der Waals surface area contributed by atoms with Crippen molar-refractivity contribution < 1.29 is 22.7 Å². The number of rotatable bonds is 5. The summed E-state index contributed by atoms with van der Waals surface area (Å²) in [6.07, 6.45) is -3.42. The first-order valence-corrected chi connectivity index (χ1v) is 8.81. The van der Waals surface area contributed by atoms with Gasteiger partial charge in [-0.1, -0.05) is 15.9 Å². The second kappa shape index (κ2) is 8.01. The van der Waals surface area contributed by atoms with Crippen LogP contribution in [-0.2, 0) is 11.3 Å². The predicted octanol–water partition coefficient (Wildman–Crippen LogP) is 4.09. The van der Waals surface area contributed by atoms with Gasteiger partial charge in [-0.25, -0.2) is 4.98 Å². The number of nitrogens with one attached hydrogen (secondary N) is 1. The molecule has 0 spiro atoms. The van der Waals surface area contributed by atoms with E-state index in [9.17, 15) is 22.8 Å². The molecule has 0 aliphatic heterocycles. The van der Waals surface area contributed by atoms with Crippen LogP contribution in [0.4, 0.5) is 18.9 Å². The van der Waals surface area contributed by atoms with Crippen LogP contribution in [0.25, 0.3) is 10.9 Å². The van der Waals surface area contributed by atoms with Gasteiger partial charge in [0.1, 0.15) is 5.75 Å². The summed E-state index contributed by atoms with van der Waals surface area (Å²) in [7, 11) is 0. The summed E-state index contributed by atoms with van der Waals surface area (Å²) in [5, 5.41) is 2.98. The van der Waals surface area contributed by atoms with Gasteiger partial charge < -0.3 is 10.1 Å². The Morgan fingerprint density at radius 3 is 2.57 bits per heavy atom. The molecular formula is C18H13BrF3N3O3. The zero-order valence-corrected chi connectivity index (χ0v) is 15.8. The molecule has 1 amide bonds. The number of aromatic nitrogens is 2. The third-order valence-electron chi connectivity index (χ3n) is 3.74. The molecule has 1 N–H and O–H groups in total. The number of benzene rings is 2. The van der Waals surface area contributed by atoms with Crippen molar-refractivity contribution in [3.8, 4) is 5.75 Å². The molecule has 0 atom stereocenters. The predicted molar refractivity (Wildman–Crippen MR) is 100 cm³/mol. The van der Waals surface area contributed by atoms with Gasteiger partial charge in [0.15, 0.2) is 0 Å². The lowest BCUT2D eigenvalue weighted by atomic mass is 10.2. The Labute approximate surface area is 165 Å². The van der Waals surface area contributed by atoms with Gasteiger partial charge in [0.25, 0.3) is 5.56 Å². The average molecular weight is 456 g/mol. The first-order valence-electron chi connectivity index (χ1n) is 8.02. The van der Waals surface area contributed by atoms with E-state index in [2.05, 4.69) is 31.0 Å². The summed E-state index contributed by atoms with van der Waals surface area (Å²) in [4.78, 5) is 28.7. The number of nitrogens with zero attached hydrogens (tertiary/aromatic N) is 2. The van der Waals surface area contributed by atoms with E-state index in [1.54, 1.807) is 18.2 Å². The molecule has 0 saturated carbocycles. The van der Waals surface area contributed by atoms with E-state index in [1.807, 2.05) is 0 Å². The molecule has 0 aliphatic carbocycles. The lowest BCUT2D eigenvalue weighted by Crippen LogP contribution is -2.23. The minimum Gasteiger partial charge on any atom is -0.406 e. The summed E-state index contributed by atoms with van der Waals surface area (Å²) in [6.45, 7) is 0.107. The number of alkyl halides is 3. The van der Waals surface area contributed by atoms with E-state index in [0.29, 0.717) is 16.6 Å². The summed E-state index contributed by atoms with van der Waals surface area (Å²) in [6, 6.07) is 9.92. The normalized spacial score (nSPS) is 11.4. The minimum atomic E-state index is -4.78. The van der Waals surface area contributed by atoms with Crippen molar-refractivity contribution in [2.75, 3.05) is 5.32 Å². The van der Waals surface area contributed by atoms with Crippen molar-refractivity contribution in [2.24, 2.45) is 0 Å². The number of halogens is 4. The van der Waals surface area contributed by atoms with Crippen LogP contribution in [0.5, 0.6) is 5.75 Å². The molecule has 6 nitrogen and oxygen atoms in total. The van der Waals surface area contributed by atoms with Crippen LogP contribution in [0.15, 0.2) is 58.1 Å². The number of amides is 1. The molecule has 2 aromatic carbocycles. The van der Waals surface area contributed by atoms with Crippen LogP contribution in [0.3, 0.4) is 0 Å². The van der Waals surface area contributed by atoms with E-state index in [1.165, 1.54) is 23.0 Å². The van der Waals surface area contributed by atoms with Gasteiger partial charge in [0.05, 0.1) is 17.2 Å². The molecule has 0 fully saturated rings. The van der Waals surface area contributed by atoms with Gasteiger partial charge in [-0.15, -0.1) is 13.2 Å². The Balaban J connectivity index is 1.62. The number of carbonyl (C=O) groups excluding carboxylic acids is 1. The number of hydrogen-bond acceptors (Lipinski definition) is 4. The molecule has 146 valence electrons. The lowest BCUT2D eigenvalue weighted by molar-refractivity contribution is -0.274. The quantitative estimate of drug-likeness (QED) is 0.628. The molecule has 0 saturated heterocycles. The van der Waals surface area contributed by atoms with E-state index < -0.39 is 12.3 Å². The topological polar surface area (TPSA) is 73.2 Å². The molecule has 0 radical (unpaired) electrons. The zero-order chi connectivity index (χ0) is 20.3. The molecular weight excluding hydrogens is 443 g/mol. The van der Waals surface area contributed by atoms with Gasteiger partial charge in [-0.05, 0) is 42.5 Å². The SMILES string of the molecule is O=C(CCn1cnc2ccc(Br)cc2c1=O)Nc1ccc(OC(F)(F)F)cc1. The summed E-state index contributed by atoms with van der Waals surface area (Å²) in [5.41, 5.74) is 0.593. The third kappa shape index (κ3) is 5.10. The van der Waals surface area contributed by atoms with Crippen LogP contribution < -0.4 is 15.6 Å². The van der Waals surface area contributed by atoms with Crippen molar-refractivity contribution in [1.82, 2.24) is 9.55 Å².